The minimum Gasteiger partial charge on any atom is -0.484 e. The largest absolute Gasteiger partial charge is 0.484 e. The molecular formula is C17H19FN2O5. The number of alkyl halides is 1. The summed E-state index contributed by atoms with van der Waals surface area (Å²) in [4.78, 5) is 35.6. The van der Waals surface area contributed by atoms with Crippen molar-refractivity contribution in [3.63, 3.8) is 0 Å². The Balaban J connectivity index is 1.92. The predicted octanol–water partition coefficient (Wildman–Crippen LogP) is 1.46. The van der Waals surface area contributed by atoms with Gasteiger partial charge in [-0.3, -0.25) is 19.3 Å². The molecule has 1 aliphatic heterocycles. The van der Waals surface area contributed by atoms with Crippen LogP contribution in [0.1, 0.15) is 20.3 Å². The molecule has 2 atom stereocenters. The van der Waals surface area contributed by atoms with Gasteiger partial charge in [-0.05, 0) is 26.0 Å². The lowest BCUT2D eigenvalue weighted by Gasteiger charge is -2.43. The Morgan fingerprint density at radius 2 is 1.92 bits per heavy atom. The summed E-state index contributed by atoms with van der Waals surface area (Å²) in [7, 11) is 0. The molecule has 1 aromatic carbocycles. The average Bonchev–Trinajstić information content (AvgIpc) is 2.57. The minimum atomic E-state index is -1.81. The summed E-state index contributed by atoms with van der Waals surface area (Å²) >= 11 is 0. The molecule has 8 heteroatoms. The number of para-hydroxylation sites is 1. The van der Waals surface area contributed by atoms with Crippen molar-refractivity contribution < 1.29 is 28.6 Å². The van der Waals surface area contributed by atoms with Crippen molar-refractivity contribution >= 4 is 17.8 Å². The third-order valence-electron chi connectivity index (χ3n) is 3.64. The normalized spacial score (nSPS) is 19.0. The first-order valence-electron chi connectivity index (χ1n) is 7.63. The Morgan fingerprint density at radius 1 is 1.28 bits per heavy atom. The van der Waals surface area contributed by atoms with Gasteiger partial charge in [-0.25, -0.2) is 4.39 Å². The third-order valence-corrected chi connectivity index (χ3v) is 3.64. The summed E-state index contributed by atoms with van der Waals surface area (Å²) in [6, 6.07) is 7.25. The summed E-state index contributed by atoms with van der Waals surface area (Å²) in [6.45, 7) is 2.83. The SMILES string of the molecule is CC(C)=C(CC(=O)O)N1C(=O)C(NC(=O)COc2ccccc2)C1F. The van der Waals surface area contributed by atoms with Gasteiger partial charge in [0.15, 0.2) is 12.6 Å². The Morgan fingerprint density at radius 3 is 2.44 bits per heavy atom. The summed E-state index contributed by atoms with van der Waals surface area (Å²) < 4.78 is 19.5. The molecular weight excluding hydrogens is 331 g/mol. The third kappa shape index (κ3) is 4.34. The quantitative estimate of drug-likeness (QED) is 0.573. The Bertz CT molecular complexity index is 700. The number of ether oxygens (including phenoxy) is 1. The lowest BCUT2D eigenvalue weighted by molar-refractivity contribution is -0.160. The lowest BCUT2D eigenvalue weighted by atomic mass is 10.0. The van der Waals surface area contributed by atoms with E-state index in [4.69, 9.17) is 9.84 Å². The summed E-state index contributed by atoms with van der Waals surface area (Å²) in [5, 5.41) is 11.1. The molecule has 0 radical (unpaired) electrons. The lowest BCUT2D eigenvalue weighted by Crippen LogP contribution is -2.68. The number of allylic oxidation sites excluding steroid dienone is 1. The number of halogens is 1. The maximum absolute atomic E-state index is 14.3. The Kier molecular flexibility index (Phi) is 5.74. The van der Waals surface area contributed by atoms with Gasteiger partial charge in [0.2, 0.25) is 6.30 Å². The number of carboxylic acids is 1. The molecule has 0 bridgehead atoms. The molecule has 1 fully saturated rings. The van der Waals surface area contributed by atoms with E-state index in [0.29, 0.717) is 11.3 Å². The monoisotopic (exact) mass is 350 g/mol. The van der Waals surface area contributed by atoms with Gasteiger partial charge in [0.25, 0.3) is 11.8 Å². The van der Waals surface area contributed by atoms with Crippen molar-refractivity contribution in [2.45, 2.75) is 32.6 Å². The number of benzene rings is 1. The first kappa shape index (κ1) is 18.4. The fourth-order valence-electron chi connectivity index (χ4n) is 2.40. The fraction of sp³-hybridized carbons (Fsp3) is 0.353. The van der Waals surface area contributed by atoms with Crippen LogP contribution in [0.2, 0.25) is 0 Å². The average molecular weight is 350 g/mol. The molecule has 0 saturated carbocycles. The van der Waals surface area contributed by atoms with Crippen molar-refractivity contribution in [3.8, 4) is 5.75 Å². The van der Waals surface area contributed by atoms with Crippen LogP contribution in [0.4, 0.5) is 4.39 Å². The van der Waals surface area contributed by atoms with Gasteiger partial charge < -0.3 is 15.2 Å². The molecule has 1 heterocycles. The van der Waals surface area contributed by atoms with E-state index < -0.39 is 36.5 Å². The minimum absolute atomic E-state index is 0.0936. The van der Waals surface area contributed by atoms with Crippen LogP contribution in [0.3, 0.4) is 0 Å². The van der Waals surface area contributed by atoms with Crippen molar-refractivity contribution in [1.29, 1.82) is 0 Å². The number of aliphatic carboxylic acids is 1. The second-order valence-electron chi connectivity index (χ2n) is 5.75. The van der Waals surface area contributed by atoms with Gasteiger partial charge in [-0.2, -0.15) is 0 Å². The molecule has 25 heavy (non-hydrogen) atoms. The highest BCUT2D eigenvalue weighted by Crippen LogP contribution is 2.30. The van der Waals surface area contributed by atoms with Gasteiger partial charge in [-0.15, -0.1) is 0 Å². The first-order valence-corrected chi connectivity index (χ1v) is 7.63. The molecule has 2 N–H and O–H groups in total. The van der Waals surface area contributed by atoms with Crippen molar-refractivity contribution in [2.24, 2.45) is 0 Å². The van der Waals surface area contributed by atoms with Gasteiger partial charge in [0.05, 0.1) is 6.42 Å². The van der Waals surface area contributed by atoms with E-state index in [-0.39, 0.29) is 12.3 Å². The van der Waals surface area contributed by atoms with Crippen LogP contribution in [-0.2, 0) is 14.4 Å². The van der Waals surface area contributed by atoms with E-state index in [1.807, 2.05) is 0 Å². The zero-order chi connectivity index (χ0) is 18.6. The van der Waals surface area contributed by atoms with E-state index >= 15 is 0 Å². The number of carbonyl (C=O) groups excluding carboxylic acids is 2. The standard InChI is InChI=1S/C17H19FN2O5/c1-10(2)12(8-14(22)23)20-16(18)15(17(20)24)19-13(21)9-25-11-6-4-3-5-7-11/h3-7,15-16H,8-9H2,1-2H3,(H,19,21)(H,22,23). The number of nitrogens with zero attached hydrogens (tertiary/aromatic N) is 1. The molecule has 0 aromatic heterocycles. The van der Waals surface area contributed by atoms with Gasteiger partial charge >= 0.3 is 5.97 Å². The zero-order valence-electron chi connectivity index (χ0n) is 13.9. The first-order chi connectivity index (χ1) is 11.8. The molecule has 1 aliphatic rings. The Hall–Kier alpha value is -2.90. The maximum Gasteiger partial charge on any atom is 0.309 e. The molecule has 0 aliphatic carbocycles. The van der Waals surface area contributed by atoms with E-state index in [1.54, 1.807) is 44.2 Å². The molecule has 2 amide bonds. The van der Waals surface area contributed by atoms with Gasteiger partial charge in [0.1, 0.15) is 5.75 Å². The van der Waals surface area contributed by atoms with E-state index in [1.165, 1.54) is 0 Å². The Labute approximate surface area is 144 Å². The highest BCUT2D eigenvalue weighted by Gasteiger charge is 2.50. The topological polar surface area (TPSA) is 95.9 Å². The number of likely N-dealkylation sites (tertiary alicyclic amines) is 1. The highest BCUT2D eigenvalue weighted by atomic mass is 19.1. The number of rotatable bonds is 7. The van der Waals surface area contributed by atoms with E-state index in [2.05, 4.69) is 5.32 Å². The van der Waals surface area contributed by atoms with Gasteiger partial charge in [0, 0.05) is 5.70 Å². The van der Waals surface area contributed by atoms with E-state index in [0.717, 1.165) is 4.90 Å². The second kappa shape index (κ2) is 7.78. The van der Waals surface area contributed by atoms with Crippen LogP contribution in [0.5, 0.6) is 5.75 Å². The number of hydrogen-bond donors (Lipinski definition) is 2. The number of carbonyl (C=O) groups is 3. The fourth-order valence-corrected chi connectivity index (χ4v) is 2.40. The molecule has 2 unspecified atom stereocenters. The van der Waals surface area contributed by atoms with Crippen LogP contribution >= 0.6 is 0 Å². The van der Waals surface area contributed by atoms with Crippen LogP contribution in [0, 0.1) is 0 Å². The smallest absolute Gasteiger partial charge is 0.309 e. The number of nitrogens with one attached hydrogen (secondary N) is 1. The molecule has 134 valence electrons. The second-order valence-corrected chi connectivity index (χ2v) is 5.75. The van der Waals surface area contributed by atoms with Crippen LogP contribution in [0.25, 0.3) is 0 Å². The maximum atomic E-state index is 14.3. The number of β-lactam (4-membered cyclic amide) rings is 1. The number of amides is 2. The van der Waals surface area contributed by atoms with Crippen molar-refractivity contribution in [3.05, 3.63) is 41.6 Å². The summed E-state index contributed by atoms with van der Waals surface area (Å²) in [6.07, 6.45) is -2.27. The van der Waals surface area contributed by atoms with Crippen molar-refractivity contribution in [2.75, 3.05) is 6.61 Å². The highest BCUT2D eigenvalue weighted by molar-refractivity contribution is 5.95. The zero-order valence-corrected chi connectivity index (χ0v) is 13.9. The molecule has 1 saturated heterocycles. The van der Waals surface area contributed by atoms with Gasteiger partial charge in [-0.1, -0.05) is 23.8 Å². The molecule has 0 spiro atoms. The van der Waals surface area contributed by atoms with E-state index in [9.17, 15) is 18.8 Å². The summed E-state index contributed by atoms with van der Waals surface area (Å²) in [5.41, 5.74) is 0.617. The van der Waals surface area contributed by atoms with Crippen molar-refractivity contribution in [1.82, 2.24) is 10.2 Å². The number of hydrogen-bond acceptors (Lipinski definition) is 4. The predicted molar refractivity (Wildman–Crippen MR) is 86.2 cm³/mol. The van der Waals surface area contributed by atoms with Crippen LogP contribution in [0.15, 0.2) is 41.6 Å². The summed E-state index contributed by atoms with van der Waals surface area (Å²) in [5.74, 6) is -2.01. The molecule has 7 nitrogen and oxygen atoms in total. The van der Waals surface area contributed by atoms with Crippen LogP contribution < -0.4 is 10.1 Å². The number of carboxylic acid groups (broad SMARTS) is 1. The van der Waals surface area contributed by atoms with Crippen LogP contribution in [-0.4, -0.2) is 46.7 Å². The molecule has 1 aromatic rings. The molecule has 2 rings (SSSR count).